The van der Waals surface area contributed by atoms with E-state index < -0.39 is 53.7 Å². The Morgan fingerprint density at radius 2 is 1.53 bits per heavy atom. The van der Waals surface area contributed by atoms with Crippen molar-refractivity contribution in [2.24, 2.45) is 22.6 Å². The zero-order valence-electron chi connectivity index (χ0n) is 39.9. The van der Waals surface area contributed by atoms with Gasteiger partial charge in [-0.05, 0) is 110 Å². The first kappa shape index (κ1) is 51.9. The van der Waals surface area contributed by atoms with Crippen molar-refractivity contribution < 1.29 is 38.2 Å². The molecule has 5 amide bonds. The minimum absolute atomic E-state index is 0.00152. The summed E-state index contributed by atoms with van der Waals surface area (Å²) in [5.74, 6) is -1.78. The number of fused-ring (bicyclic) bond motifs is 5. The van der Waals surface area contributed by atoms with Gasteiger partial charge in [0.15, 0.2) is 0 Å². The van der Waals surface area contributed by atoms with Crippen molar-refractivity contribution in [1.29, 1.82) is 5.26 Å². The second-order valence-corrected chi connectivity index (χ2v) is 17.8. The van der Waals surface area contributed by atoms with Crippen molar-refractivity contribution in [3.63, 3.8) is 0 Å². The number of hydrogen-bond acceptors (Lipinski definition) is 13. The topological polar surface area (TPSA) is 279 Å². The van der Waals surface area contributed by atoms with E-state index in [4.69, 9.17) is 36.4 Å². The molecule has 4 atom stereocenters. The Labute approximate surface area is 397 Å². The molecule has 0 saturated heterocycles. The minimum Gasteiger partial charge on any atom is -0.493 e. The van der Waals surface area contributed by atoms with E-state index in [-0.39, 0.29) is 63.2 Å². The second-order valence-electron chi connectivity index (χ2n) is 17.8. The maximum atomic E-state index is 14.8. The fourth-order valence-electron chi connectivity index (χ4n) is 7.70. The van der Waals surface area contributed by atoms with Crippen LogP contribution in [0.25, 0.3) is 22.4 Å². The molecule has 4 bridgehead atoms. The summed E-state index contributed by atoms with van der Waals surface area (Å²) in [6, 6.07) is 16.4. The smallest absolute Gasteiger partial charge is 0.254 e. The molecule has 3 aromatic carbocycles. The molecular weight excluding hydrogens is 869 g/mol. The summed E-state index contributed by atoms with van der Waals surface area (Å²) < 4.78 is 18.1. The molecule has 4 aromatic rings. The first-order chi connectivity index (χ1) is 32.4. The number of hydrogen-bond donors (Lipinski definition) is 7. The average Bonchev–Trinajstić information content (AvgIpc) is 3.30. The third kappa shape index (κ3) is 13.3. The van der Waals surface area contributed by atoms with Crippen LogP contribution in [-0.4, -0.2) is 111 Å². The number of amides is 5. The number of carbonyl (C=O) groups excluding carboxylic acids is 5. The van der Waals surface area contributed by atoms with Crippen LogP contribution in [0.1, 0.15) is 72.9 Å². The molecule has 18 heteroatoms. The van der Waals surface area contributed by atoms with E-state index in [1.165, 1.54) is 18.9 Å². The van der Waals surface area contributed by atoms with E-state index in [2.05, 4.69) is 42.0 Å². The van der Waals surface area contributed by atoms with Crippen LogP contribution in [0.5, 0.6) is 17.2 Å². The summed E-state index contributed by atoms with van der Waals surface area (Å²) >= 11 is 0. The molecule has 1 aromatic heterocycles. The van der Waals surface area contributed by atoms with Crippen LogP contribution in [0.2, 0.25) is 0 Å². The number of nitriles is 1. The predicted octanol–water partition coefficient (Wildman–Crippen LogP) is 2.96. The van der Waals surface area contributed by atoms with E-state index in [1.54, 1.807) is 56.3 Å². The van der Waals surface area contributed by atoms with Gasteiger partial charge < -0.3 is 57.6 Å². The van der Waals surface area contributed by atoms with Crippen LogP contribution in [0.15, 0.2) is 66.7 Å². The van der Waals surface area contributed by atoms with E-state index in [0.29, 0.717) is 57.3 Å². The molecule has 0 fully saturated rings. The van der Waals surface area contributed by atoms with Gasteiger partial charge in [0.1, 0.15) is 61.2 Å². The van der Waals surface area contributed by atoms with Gasteiger partial charge in [0, 0.05) is 43.2 Å². The molecule has 362 valence electrons. The first-order valence-corrected chi connectivity index (χ1v) is 22.6. The highest BCUT2D eigenvalue weighted by Crippen LogP contribution is 2.40. The van der Waals surface area contributed by atoms with Crippen LogP contribution < -0.4 is 52.7 Å². The lowest BCUT2D eigenvalue weighted by Crippen LogP contribution is -2.56. The van der Waals surface area contributed by atoms with Crippen molar-refractivity contribution in [3.05, 3.63) is 94.7 Å². The Morgan fingerprint density at radius 3 is 2.13 bits per heavy atom. The van der Waals surface area contributed by atoms with Gasteiger partial charge in [-0.15, -0.1) is 0 Å². The number of nitrogens with zero attached hydrogens (tertiary/aromatic N) is 3. The van der Waals surface area contributed by atoms with E-state index in [9.17, 15) is 29.2 Å². The molecular formula is C50H64N10O8. The minimum atomic E-state index is -1.40. The fraction of sp³-hybridized carbons (Fsp3) is 0.420. The fourth-order valence-corrected chi connectivity index (χ4v) is 7.70. The van der Waals surface area contributed by atoms with Crippen molar-refractivity contribution in [1.82, 2.24) is 31.2 Å². The quantitative estimate of drug-likeness (QED) is 0.0752. The monoisotopic (exact) mass is 932 g/mol. The van der Waals surface area contributed by atoms with Gasteiger partial charge >= 0.3 is 0 Å². The second kappa shape index (κ2) is 23.6. The molecule has 0 saturated carbocycles. The Bertz CT molecular complexity index is 2480. The Balaban J connectivity index is 1.54. The van der Waals surface area contributed by atoms with Crippen molar-refractivity contribution in [2.45, 2.75) is 78.6 Å². The Kier molecular flexibility index (Phi) is 18.0. The maximum Gasteiger partial charge on any atom is 0.254 e. The molecule has 1 aliphatic heterocycles. The van der Waals surface area contributed by atoms with E-state index in [0.717, 1.165) is 11.3 Å². The highest BCUT2D eigenvalue weighted by molar-refractivity contribution is 6.01. The number of aryl methyl sites for hydroxylation is 2. The standard InChI is InChI=1S/C50H64N10O8/c1-29-24-39(33-9-12-35(13-10-33)68-28-50(4,5)6)56-30(2)43(29)47(63)58-38(16-17-51)49(65)60(7)44-34-11-15-42(67-23-20-54)37(27-34)36-25-32(8-14-41(36)66-22-19-53)26-40(46(62)55-21-18-52)59-45(61)31(3)57-48(44)64/h8-15,24-25,27,31,38,40,44H,16-17,19-23,26,28,51,53-54H2,1-7H3,(H,55,62)(H,57,64)(H,58,63)(H,59,61)/t31-,38-,40-,44-/m0/s1. The summed E-state index contributed by atoms with van der Waals surface area (Å²) in [5.41, 5.74) is 22.4. The Morgan fingerprint density at radius 1 is 0.882 bits per heavy atom. The number of pyridine rings is 1. The van der Waals surface area contributed by atoms with Gasteiger partial charge in [-0.25, -0.2) is 0 Å². The van der Waals surface area contributed by atoms with Crippen LogP contribution in [0.4, 0.5) is 0 Å². The molecule has 2 heterocycles. The van der Waals surface area contributed by atoms with E-state index >= 15 is 0 Å². The van der Waals surface area contributed by atoms with Crippen LogP contribution in [-0.2, 0) is 25.6 Å². The molecule has 68 heavy (non-hydrogen) atoms. The molecule has 0 radical (unpaired) electrons. The van der Waals surface area contributed by atoms with Crippen molar-refractivity contribution in [2.75, 3.05) is 53.0 Å². The molecule has 18 nitrogen and oxygen atoms in total. The number of rotatable bonds is 17. The van der Waals surface area contributed by atoms with Gasteiger partial charge in [-0.1, -0.05) is 32.9 Å². The average molecular weight is 933 g/mol. The lowest BCUT2D eigenvalue weighted by molar-refractivity contribution is -0.141. The summed E-state index contributed by atoms with van der Waals surface area (Å²) in [4.78, 5) is 76.6. The maximum absolute atomic E-state index is 14.8. The number of benzene rings is 3. The SMILES string of the molecule is Cc1cc(-c2ccc(OCC(C)(C)C)cc2)nc(C)c1C(=O)N[C@@H](CCN)C(=O)N(C)[C@@H]1C(=O)N[C@@H](C)C(=O)N[C@H](C(=O)NCC#N)Cc2ccc(OCCN)c(c2)-c2cc1ccc2OCCN. The Hall–Kier alpha value is -7.07. The van der Waals surface area contributed by atoms with Crippen LogP contribution in [0.3, 0.4) is 0 Å². The molecule has 0 unspecified atom stereocenters. The number of ether oxygens (including phenoxy) is 3. The summed E-state index contributed by atoms with van der Waals surface area (Å²) in [7, 11) is 1.42. The molecule has 10 N–H and O–H groups in total. The molecule has 0 spiro atoms. The summed E-state index contributed by atoms with van der Waals surface area (Å²) in [6.07, 6.45) is 0.0117. The molecule has 5 rings (SSSR count). The van der Waals surface area contributed by atoms with Crippen molar-refractivity contribution in [3.8, 4) is 45.7 Å². The van der Waals surface area contributed by atoms with Crippen LogP contribution >= 0.6 is 0 Å². The summed E-state index contributed by atoms with van der Waals surface area (Å²) in [5, 5.41) is 20.0. The summed E-state index contributed by atoms with van der Waals surface area (Å²) in [6.45, 7) is 12.2. The predicted molar refractivity (Wildman–Crippen MR) is 257 cm³/mol. The third-order valence-corrected chi connectivity index (χ3v) is 11.1. The number of nitrogens with two attached hydrogens (primary N) is 3. The van der Waals surface area contributed by atoms with Gasteiger partial charge in [-0.3, -0.25) is 29.0 Å². The molecule has 1 aliphatic rings. The van der Waals surface area contributed by atoms with E-state index in [1.807, 2.05) is 30.3 Å². The lowest BCUT2D eigenvalue weighted by Gasteiger charge is -2.32. The number of aromatic nitrogens is 1. The number of likely N-dealkylation sites (N-methyl/N-ethyl adjacent to an activating group) is 1. The van der Waals surface area contributed by atoms with Crippen LogP contribution in [0, 0.1) is 30.6 Å². The third-order valence-electron chi connectivity index (χ3n) is 11.1. The highest BCUT2D eigenvalue weighted by Gasteiger charge is 2.36. The van der Waals surface area contributed by atoms with Gasteiger partial charge in [0.05, 0.1) is 29.6 Å². The van der Waals surface area contributed by atoms with Gasteiger partial charge in [0.25, 0.3) is 5.91 Å². The van der Waals surface area contributed by atoms with Crippen molar-refractivity contribution >= 4 is 29.5 Å². The normalized spacial score (nSPS) is 16.5. The van der Waals surface area contributed by atoms with Gasteiger partial charge in [-0.2, -0.15) is 5.26 Å². The zero-order chi connectivity index (χ0) is 49.7. The first-order valence-electron chi connectivity index (χ1n) is 22.6. The largest absolute Gasteiger partial charge is 0.493 e. The number of carbonyl (C=O) groups is 5. The lowest BCUT2D eigenvalue weighted by atomic mass is 9.93. The highest BCUT2D eigenvalue weighted by atomic mass is 16.5. The zero-order valence-corrected chi connectivity index (χ0v) is 39.9. The molecule has 0 aliphatic carbocycles. The number of nitrogens with one attached hydrogen (secondary N) is 4. The van der Waals surface area contributed by atoms with Gasteiger partial charge in [0.2, 0.25) is 23.6 Å².